The number of nitrogens with one attached hydrogen (secondary N) is 1. The molecule has 0 bridgehead atoms. The summed E-state index contributed by atoms with van der Waals surface area (Å²) in [4.78, 5) is 0. The minimum Gasteiger partial charge on any atom is -0.394 e. The highest BCUT2D eigenvalue weighted by molar-refractivity contribution is 5.60. The summed E-state index contributed by atoms with van der Waals surface area (Å²) < 4.78 is 1.16. The maximum atomic E-state index is 9.88. The van der Waals surface area contributed by atoms with Gasteiger partial charge in [0, 0.05) is 6.54 Å². The number of aliphatic hydroxyl groups excluding tert-OH is 8. The van der Waals surface area contributed by atoms with Crippen molar-refractivity contribution in [1.29, 1.82) is 0 Å². The van der Waals surface area contributed by atoms with Gasteiger partial charge in [-0.25, -0.2) is 4.68 Å². The van der Waals surface area contributed by atoms with Crippen LogP contribution in [0.15, 0.2) is 6.20 Å². The molecule has 12 nitrogen and oxygen atoms in total. The first-order chi connectivity index (χ1) is 11.7. The highest BCUT2D eigenvalue weighted by atomic mass is 16.4. The van der Waals surface area contributed by atoms with Gasteiger partial charge in [0.2, 0.25) is 0 Å². The van der Waals surface area contributed by atoms with Crippen LogP contribution in [0, 0.1) is 0 Å². The van der Waals surface area contributed by atoms with Gasteiger partial charge in [-0.2, -0.15) is 5.10 Å². The number of nitrogens with zero attached hydrogens (tertiary/aromatic N) is 2. The van der Waals surface area contributed by atoms with E-state index in [2.05, 4.69) is 10.4 Å². The number of aromatic nitrogens is 2. The summed E-state index contributed by atoms with van der Waals surface area (Å²) in [5, 5.41) is 81.6. The van der Waals surface area contributed by atoms with E-state index in [9.17, 15) is 30.6 Å². The maximum absolute atomic E-state index is 9.88. The molecule has 0 saturated heterocycles. The SMILES string of the molecule is Nc1cnn(CC(O)C(O)C(O)CO)c1NCC(O)C(O)C(O)CO. The van der Waals surface area contributed by atoms with Gasteiger partial charge >= 0.3 is 0 Å². The molecule has 0 saturated carbocycles. The number of aliphatic hydroxyl groups is 8. The van der Waals surface area contributed by atoms with E-state index in [1.165, 1.54) is 6.20 Å². The first-order valence-electron chi connectivity index (χ1n) is 7.58. The Kier molecular flexibility index (Phi) is 8.47. The van der Waals surface area contributed by atoms with E-state index in [0.29, 0.717) is 0 Å². The van der Waals surface area contributed by atoms with Gasteiger partial charge in [-0.1, -0.05) is 0 Å². The summed E-state index contributed by atoms with van der Waals surface area (Å²) in [6, 6.07) is 0. The summed E-state index contributed by atoms with van der Waals surface area (Å²) in [7, 11) is 0. The average Bonchev–Trinajstić information content (AvgIpc) is 2.96. The lowest BCUT2D eigenvalue weighted by Crippen LogP contribution is -2.43. The molecule has 146 valence electrons. The van der Waals surface area contributed by atoms with E-state index in [1.54, 1.807) is 0 Å². The van der Waals surface area contributed by atoms with E-state index in [-0.39, 0.29) is 24.6 Å². The number of nitrogen functional groups attached to an aromatic ring is 1. The summed E-state index contributed by atoms with van der Waals surface area (Å²) in [5.74, 6) is 0.162. The third-order valence-electron chi connectivity index (χ3n) is 3.66. The van der Waals surface area contributed by atoms with Gasteiger partial charge < -0.3 is 51.9 Å². The van der Waals surface area contributed by atoms with Gasteiger partial charge in [-0.3, -0.25) is 0 Å². The fraction of sp³-hybridized carbons (Fsp3) is 0.769. The van der Waals surface area contributed by atoms with Gasteiger partial charge in [0.15, 0.2) is 0 Å². The van der Waals surface area contributed by atoms with Crippen LogP contribution in [0.25, 0.3) is 0 Å². The number of anilines is 2. The lowest BCUT2D eigenvalue weighted by molar-refractivity contribution is -0.0813. The van der Waals surface area contributed by atoms with Crippen LogP contribution in [0.5, 0.6) is 0 Å². The highest BCUT2D eigenvalue weighted by Gasteiger charge is 2.27. The van der Waals surface area contributed by atoms with Crippen molar-refractivity contribution in [3.63, 3.8) is 0 Å². The van der Waals surface area contributed by atoms with E-state index in [1.807, 2.05) is 0 Å². The smallest absolute Gasteiger partial charge is 0.147 e. The third kappa shape index (κ3) is 5.76. The molecular formula is C13H26N4O8. The molecule has 0 spiro atoms. The molecule has 6 atom stereocenters. The Bertz CT molecular complexity index is 516. The van der Waals surface area contributed by atoms with Crippen molar-refractivity contribution in [1.82, 2.24) is 9.78 Å². The van der Waals surface area contributed by atoms with E-state index < -0.39 is 49.8 Å². The normalized spacial score (nSPS) is 19.0. The van der Waals surface area contributed by atoms with Crippen molar-refractivity contribution in [3.05, 3.63) is 6.20 Å². The Labute approximate surface area is 143 Å². The summed E-state index contributed by atoms with van der Waals surface area (Å²) in [6.07, 6.45) is -7.91. The van der Waals surface area contributed by atoms with Crippen LogP contribution in [0.3, 0.4) is 0 Å². The zero-order valence-corrected chi connectivity index (χ0v) is 13.4. The van der Waals surface area contributed by atoms with Crippen molar-refractivity contribution in [3.8, 4) is 0 Å². The second-order valence-corrected chi connectivity index (χ2v) is 5.63. The summed E-state index contributed by atoms with van der Waals surface area (Å²) in [6.45, 7) is -2.00. The molecule has 25 heavy (non-hydrogen) atoms. The zero-order chi connectivity index (χ0) is 19.1. The number of hydrogen-bond donors (Lipinski definition) is 10. The van der Waals surface area contributed by atoms with Crippen molar-refractivity contribution in [2.24, 2.45) is 0 Å². The molecule has 11 N–H and O–H groups in total. The molecule has 1 aromatic rings. The third-order valence-corrected chi connectivity index (χ3v) is 3.66. The topological polar surface area (TPSA) is 218 Å². The van der Waals surface area contributed by atoms with Gasteiger partial charge in [-0.15, -0.1) is 0 Å². The first-order valence-corrected chi connectivity index (χ1v) is 7.58. The molecule has 0 aliphatic carbocycles. The summed E-state index contributed by atoms with van der Waals surface area (Å²) in [5.41, 5.74) is 5.86. The van der Waals surface area contributed by atoms with Crippen LogP contribution < -0.4 is 11.1 Å². The van der Waals surface area contributed by atoms with Crippen LogP contribution in [0.2, 0.25) is 0 Å². The van der Waals surface area contributed by atoms with Crippen LogP contribution >= 0.6 is 0 Å². The molecule has 1 heterocycles. The van der Waals surface area contributed by atoms with Gasteiger partial charge in [-0.05, 0) is 0 Å². The predicted molar refractivity (Wildman–Crippen MR) is 85.3 cm³/mol. The van der Waals surface area contributed by atoms with Crippen molar-refractivity contribution in [2.45, 2.75) is 43.2 Å². The van der Waals surface area contributed by atoms with E-state index >= 15 is 0 Å². The Hall–Kier alpha value is -1.51. The largest absolute Gasteiger partial charge is 0.394 e. The second kappa shape index (κ2) is 9.84. The molecule has 0 radical (unpaired) electrons. The minimum atomic E-state index is -1.62. The monoisotopic (exact) mass is 366 g/mol. The molecule has 1 rings (SSSR count). The molecular weight excluding hydrogens is 340 g/mol. The fourth-order valence-electron chi connectivity index (χ4n) is 2.07. The standard InChI is InChI=1S/C13H26N4O8/c14-6-1-16-17(3-8(21)12(25)10(23)5-19)13(6)15-2-7(20)11(24)9(22)4-18/h1,7-12,15,18-25H,2-5,14H2. The molecule has 0 aliphatic heterocycles. The molecule has 0 aromatic carbocycles. The second-order valence-electron chi connectivity index (χ2n) is 5.63. The number of rotatable bonds is 11. The highest BCUT2D eigenvalue weighted by Crippen LogP contribution is 2.19. The van der Waals surface area contributed by atoms with E-state index in [4.69, 9.17) is 15.9 Å². The van der Waals surface area contributed by atoms with Gasteiger partial charge in [0.05, 0.1) is 37.7 Å². The molecule has 0 fully saturated rings. The van der Waals surface area contributed by atoms with Crippen molar-refractivity contribution >= 4 is 11.5 Å². The van der Waals surface area contributed by atoms with Crippen LogP contribution in [-0.4, -0.2) is 107 Å². The maximum Gasteiger partial charge on any atom is 0.147 e. The zero-order valence-electron chi connectivity index (χ0n) is 13.4. The van der Waals surface area contributed by atoms with Crippen LogP contribution in [-0.2, 0) is 6.54 Å². The molecule has 12 heteroatoms. The lowest BCUT2D eigenvalue weighted by atomic mass is 10.1. The van der Waals surface area contributed by atoms with Crippen molar-refractivity contribution in [2.75, 3.05) is 30.8 Å². The number of nitrogens with two attached hydrogens (primary N) is 1. The quantitative estimate of drug-likeness (QED) is 0.179. The van der Waals surface area contributed by atoms with Gasteiger partial charge in [0.1, 0.15) is 36.3 Å². The van der Waals surface area contributed by atoms with Gasteiger partial charge in [0.25, 0.3) is 0 Å². The van der Waals surface area contributed by atoms with E-state index in [0.717, 1.165) is 4.68 Å². The predicted octanol–water partition coefficient (Wildman–Crippen LogP) is -4.97. The Morgan fingerprint density at radius 3 is 1.96 bits per heavy atom. The molecule has 1 aromatic heterocycles. The average molecular weight is 366 g/mol. The minimum absolute atomic E-state index is 0.147. The molecule has 0 aliphatic rings. The van der Waals surface area contributed by atoms with Crippen molar-refractivity contribution < 1.29 is 40.9 Å². The first kappa shape index (κ1) is 21.5. The fourth-order valence-corrected chi connectivity index (χ4v) is 2.07. The van der Waals surface area contributed by atoms with Crippen LogP contribution in [0.4, 0.5) is 11.5 Å². The Morgan fingerprint density at radius 1 is 0.920 bits per heavy atom. The number of hydrogen-bond acceptors (Lipinski definition) is 11. The molecule has 6 unspecified atom stereocenters. The Morgan fingerprint density at radius 2 is 1.44 bits per heavy atom. The van der Waals surface area contributed by atoms with Crippen LogP contribution in [0.1, 0.15) is 0 Å². The molecule has 0 amide bonds. The summed E-state index contributed by atoms with van der Waals surface area (Å²) >= 11 is 0. The Balaban J connectivity index is 2.72. The lowest BCUT2D eigenvalue weighted by Gasteiger charge is -2.24.